The standard InChI is InChI=1S/C13H11NS/c1-8-3-4-12-10(5-8)11-6-9(2)14-7-13(11)15-12/h3-7H,1-2H3. The normalized spacial score (nSPS) is 11.3. The van der Waals surface area contributed by atoms with Crippen molar-refractivity contribution in [3.63, 3.8) is 0 Å². The maximum atomic E-state index is 4.34. The molecule has 2 heteroatoms. The van der Waals surface area contributed by atoms with Crippen LogP contribution in [0.3, 0.4) is 0 Å². The van der Waals surface area contributed by atoms with Crippen LogP contribution in [0.2, 0.25) is 0 Å². The molecule has 15 heavy (non-hydrogen) atoms. The van der Waals surface area contributed by atoms with Crippen molar-refractivity contribution in [2.45, 2.75) is 13.8 Å². The molecule has 0 fully saturated rings. The average molecular weight is 213 g/mol. The zero-order valence-electron chi connectivity index (χ0n) is 8.74. The maximum absolute atomic E-state index is 4.34. The molecular formula is C13H11NS. The summed E-state index contributed by atoms with van der Waals surface area (Å²) < 4.78 is 2.63. The summed E-state index contributed by atoms with van der Waals surface area (Å²) in [5, 5.41) is 2.70. The van der Waals surface area contributed by atoms with Gasteiger partial charge in [-0.05, 0) is 32.0 Å². The van der Waals surface area contributed by atoms with E-state index in [2.05, 4.69) is 36.2 Å². The number of aryl methyl sites for hydroxylation is 2. The van der Waals surface area contributed by atoms with Crippen LogP contribution in [0.5, 0.6) is 0 Å². The van der Waals surface area contributed by atoms with Gasteiger partial charge in [0, 0.05) is 27.4 Å². The molecule has 74 valence electrons. The Morgan fingerprint density at radius 1 is 1.00 bits per heavy atom. The molecule has 0 N–H and O–H groups in total. The summed E-state index contributed by atoms with van der Waals surface area (Å²) in [5.74, 6) is 0. The molecule has 1 nitrogen and oxygen atoms in total. The summed E-state index contributed by atoms with van der Waals surface area (Å²) in [7, 11) is 0. The Hall–Kier alpha value is -1.41. The Morgan fingerprint density at radius 3 is 2.67 bits per heavy atom. The lowest BCUT2D eigenvalue weighted by atomic mass is 10.1. The van der Waals surface area contributed by atoms with Gasteiger partial charge in [-0.25, -0.2) is 0 Å². The zero-order chi connectivity index (χ0) is 10.4. The number of hydrogen-bond donors (Lipinski definition) is 0. The van der Waals surface area contributed by atoms with E-state index in [0.717, 1.165) is 5.69 Å². The van der Waals surface area contributed by atoms with Crippen molar-refractivity contribution in [2.24, 2.45) is 0 Å². The van der Waals surface area contributed by atoms with E-state index in [4.69, 9.17) is 0 Å². The van der Waals surface area contributed by atoms with Crippen molar-refractivity contribution in [3.8, 4) is 0 Å². The van der Waals surface area contributed by atoms with E-state index < -0.39 is 0 Å². The maximum Gasteiger partial charge on any atom is 0.0538 e. The molecule has 0 spiro atoms. The smallest absolute Gasteiger partial charge is 0.0538 e. The van der Waals surface area contributed by atoms with Crippen molar-refractivity contribution in [3.05, 3.63) is 41.7 Å². The number of fused-ring (bicyclic) bond motifs is 3. The second-order valence-corrected chi connectivity index (χ2v) is 5.01. The first kappa shape index (κ1) is 8.86. The minimum absolute atomic E-state index is 1.09. The van der Waals surface area contributed by atoms with Crippen LogP contribution in [0.1, 0.15) is 11.3 Å². The van der Waals surface area contributed by atoms with Crippen molar-refractivity contribution in [1.82, 2.24) is 4.98 Å². The van der Waals surface area contributed by atoms with Crippen LogP contribution in [0.4, 0.5) is 0 Å². The number of aromatic nitrogens is 1. The fourth-order valence-electron chi connectivity index (χ4n) is 1.90. The molecule has 0 saturated carbocycles. The van der Waals surface area contributed by atoms with Crippen LogP contribution in [0.25, 0.3) is 20.2 Å². The minimum Gasteiger partial charge on any atom is -0.260 e. The monoisotopic (exact) mass is 213 g/mol. The Labute approximate surface area is 92.4 Å². The van der Waals surface area contributed by atoms with Gasteiger partial charge in [0.2, 0.25) is 0 Å². The average Bonchev–Trinajstić information content (AvgIpc) is 2.56. The summed E-state index contributed by atoms with van der Waals surface area (Å²) in [5.41, 5.74) is 2.40. The highest BCUT2D eigenvalue weighted by Crippen LogP contribution is 2.33. The number of rotatable bonds is 0. The van der Waals surface area contributed by atoms with Crippen molar-refractivity contribution in [2.75, 3.05) is 0 Å². The number of pyridine rings is 1. The van der Waals surface area contributed by atoms with Gasteiger partial charge in [0.15, 0.2) is 0 Å². The summed E-state index contributed by atoms with van der Waals surface area (Å²) in [6, 6.07) is 8.80. The summed E-state index contributed by atoms with van der Waals surface area (Å²) in [4.78, 5) is 4.34. The van der Waals surface area contributed by atoms with E-state index in [1.165, 1.54) is 25.7 Å². The molecule has 2 aromatic heterocycles. The van der Waals surface area contributed by atoms with E-state index in [0.29, 0.717) is 0 Å². The lowest BCUT2D eigenvalue weighted by Crippen LogP contribution is -1.77. The highest BCUT2D eigenvalue weighted by Gasteiger charge is 2.05. The molecule has 0 bridgehead atoms. The molecule has 0 saturated heterocycles. The van der Waals surface area contributed by atoms with E-state index in [1.807, 2.05) is 24.5 Å². The van der Waals surface area contributed by atoms with Crippen LogP contribution >= 0.6 is 11.3 Å². The predicted octanol–water partition coefficient (Wildman–Crippen LogP) is 4.07. The Balaban J connectivity index is 2.55. The number of hydrogen-bond acceptors (Lipinski definition) is 2. The van der Waals surface area contributed by atoms with Crippen molar-refractivity contribution < 1.29 is 0 Å². The highest BCUT2D eigenvalue weighted by atomic mass is 32.1. The molecule has 0 aliphatic rings. The summed E-state index contributed by atoms with van der Waals surface area (Å²) >= 11 is 1.82. The zero-order valence-corrected chi connectivity index (χ0v) is 9.56. The predicted molar refractivity (Wildman–Crippen MR) is 66.6 cm³/mol. The van der Waals surface area contributed by atoms with E-state index >= 15 is 0 Å². The summed E-state index contributed by atoms with van der Waals surface area (Å²) in [6.45, 7) is 4.18. The molecule has 0 aliphatic heterocycles. The minimum atomic E-state index is 1.09. The third-order valence-corrected chi connectivity index (χ3v) is 3.77. The fourth-order valence-corrected chi connectivity index (χ4v) is 2.94. The van der Waals surface area contributed by atoms with Gasteiger partial charge in [0.05, 0.1) is 4.70 Å². The molecule has 3 aromatic rings. The third kappa shape index (κ3) is 1.33. The highest BCUT2D eigenvalue weighted by molar-refractivity contribution is 7.25. The Bertz CT molecular complexity index is 596. The van der Waals surface area contributed by atoms with Crippen LogP contribution in [0.15, 0.2) is 30.5 Å². The van der Waals surface area contributed by atoms with Gasteiger partial charge in [0.1, 0.15) is 0 Å². The van der Waals surface area contributed by atoms with E-state index in [1.54, 1.807) is 0 Å². The van der Waals surface area contributed by atoms with E-state index in [-0.39, 0.29) is 0 Å². The second kappa shape index (κ2) is 3.04. The lowest BCUT2D eigenvalue weighted by Gasteiger charge is -1.94. The van der Waals surface area contributed by atoms with Crippen LogP contribution in [-0.4, -0.2) is 4.98 Å². The molecule has 0 amide bonds. The van der Waals surface area contributed by atoms with Gasteiger partial charge in [-0.1, -0.05) is 11.6 Å². The van der Waals surface area contributed by atoms with Gasteiger partial charge in [0.25, 0.3) is 0 Å². The number of benzene rings is 1. The fraction of sp³-hybridized carbons (Fsp3) is 0.154. The van der Waals surface area contributed by atoms with Gasteiger partial charge in [-0.2, -0.15) is 0 Å². The molecule has 0 aliphatic carbocycles. The van der Waals surface area contributed by atoms with Crippen LogP contribution in [0, 0.1) is 13.8 Å². The van der Waals surface area contributed by atoms with Crippen LogP contribution < -0.4 is 0 Å². The Morgan fingerprint density at radius 2 is 1.80 bits per heavy atom. The first-order valence-electron chi connectivity index (χ1n) is 4.99. The summed E-state index contributed by atoms with van der Waals surface area (Å²) in [6.07, 6.45) is 1.98. The third-order valence-electron chi connectivity index (χ3n) is 2.65. The first-order chi connectivity index (χ1) is 7.24. The topological polar surface area (TPSA) is 12.9 Å². The molecule has 1 aromatic carbocycles. The largest absolute Gasteiger partial charge is 0.260 e. The molecule has 0 atom stereocenters. The molecular weight excluding hydrogens is 202 g/mol. The molecule has 0 unspecified atom stereocenters. The molecule has 0 radical (unpaired) electrons. The molecule has 3 rings (SSSR count). The number of thiophene rings is 1. The van der Waals surface area contributed by atoms with Gasteiger partial charge < -0.3 is 0 Å². The van der Waals surface area contributed by atoms with Crippen molar-refractivity contribution >= 4 is 31.5 Å². The quantitative estimate of drug-likeness (QED) is 0.548. The van der Waals surface area contributed by atoms with Crippen molar-refractivity contribution in [1.29, 1.82) is 0 Å². The molecule has 2 heterocycles. The Kier molecular flexibility index (Phi) is 1.80. The second-order valence-electron chi connectivity index (χ2n) is 3.92. The van der Waals surface area contributed by atoms with Gasteiger partial charge >= 0.3 is 0 Å². The lowest BCUT2D eigenvalue weighted by molar-refractivity contribution is 1.23. The van der Waals surface area contributed by atoms with Gasteiger partial charge in [-0.15, -0.1) is 11.3 Å². The first-order valence-corrected chi connectivity index (χ1v) is 5.81. The van der Waals surface area contributed by atoms with E-state index in [9.17, 15) is 0 Å². The SMILES string of the molecule is Cc1ccc2sc3cnc(C)cc3c2c1. The van der Waals surface area contributed by atoms with Crippen LogP contribution in [-0.2, 0) is 0 Å². The van der Waals surface area contributed by atoms with Gasteiger partial charge in [-0.3, -0.25) is 4.98 Å². The number of nitrogens with zero attached hydrogens (tertiary/aromatic N) is 1.